The number of aromatic nitrogens is 2. The molecule has 0 aromatic carbocycles. The van der Waals surface area contributed by atoms with Crippen LogP contribution in [-0.4, -0.2) is 50.7 Å². The van der Waals surface area contributed by atoms with Crippen molar-refractivity contribution in [3.05, 3.63) is 10.6 Å². The van der Waals surface area contributed by atoms with Crippen molar-refractivity contribution in [3.8, 4) is 0 Å². The Balaban J connectivity index is 2.93. The van der Waals surface area contributed by atoms with Crippen molar-refractivity contribution < 1.29 is 27.9 Å². The van der Waals surface area contributed by atoms with Crippen LogP contribution in [-0.2, 0) is 4.79 Å². The van der Waals surface area contributed by atoms with E-state index in [1.807, 2.05) is 0 Å². The van der Waals surface area contributed by atoms with Crippen LogP contribution in [0.2, 0.25) is 0 Å². The average Bonchev–Trinajstić information content (AvgIpc) is 2.59. The van der Waals surface area contributed by atoms with Gasteiger partial charge in [-0.25, -0.2) is 0 Å². The van der Waals surface area contributed by atoms with E-state index in [0.29, 0.717) is 11.5 Å². The highest BCUT2D eigenvalue weighted by molar-refractivity contribution is 7.07. The smallest absolute Gasteiger partial charge is 0.406 e. The third-order valence-corrected chi connectivity index (χ3v) is 2.65. The van der Waals surface area contributed by atoms with E-state index in [1.165, 1.54) is 6.92 Å². The summed E-state index contributed by atoms with van der Waals surface area (Å²) in [5.74, 6) is -2.56. The van der Waals surface area contributed by atoms with Gasteiger partial charge in [0.2, 0.25) is 0 Å². The van der Waals surface area contributed by atoms with Crippen molar-refractivity contribution >= 4 is 23.4 Å². The van der Waals surface area contributed by atoms with Gasteiger partial charge in [-0.15, -0.1) is 5.10 Å². The Hall–Kier alpha value is -1.71. The fourth-order valence-electron chi connectivity index (χ4n) is 1.15. The standard InChI is InChI=1S/C8H8F3N3O3S/c1-4-6(18-13-12-4)7(17)14(2-5(15)16)3-8(9,10)11/h2-3H2,1H3,(H,15,16). The minimum absolute atomic E-state index is 0.0968. The van der Waals surface area contributed by atoms with E-state index in [9.17, 15) is 22.8 Å². The maximum Gasteiger partial charge on any atom is 0.406 e. The summed E-state index contributed by atoms with van der Waals surface area (Å²) in [6.07, 6.45) is -4.67. The molecule has 1 rings (SSSR count). The summed E-state index contributed by atoms with van der Waals surface area (Å²) in [5.41, 5.74) is 0.169. The Morgan fingerprint density at radius 3 is 2.44 bits per heavy atom. The predicted molar refractivity (Wildman–Crippen MR) is 54.2 cm³/mol. The topological polar surface area (TPSA) is 83.4 Å². The van der Waals surface area contributed by atoms with Crippen LogP contribution in [0, 0.1) is 6.92 Å². The zero-order valence-electron chi connectivity index (χ0n) is 9.06. The fourth-order valence-corrected chi connectivity index (χ4v) is 1.78. The van der Waals surface area contributed by atoms with E-state index >= 15 is 0 Å². The molecule has 0 aliphatic carbocycles. The van der Waals surface area contributed by atoms with Crippen molar-refractivity contribution in [2.45, 2.75) is 13.1 Å². The molecule has 0 radical (unpaired) electrons. The van der Waals surface area contributed by atoms with Gasteiger partial charge in [-0.3, -0.25) is 9.59 Å². The molecule has 0 aliphatic rings. The second kappa shape index (κ2) is 5.29. The van der Waals surface area contributed by atoms with Gasteiger partial charge in [0.15, 0.2) is 0 Å². The van der Waals surface area contributed by atoms with E-state index in [1.54, 1.807) is 0 Å². The Morgan fingerprint density at radius 1 is 1.44 bits per heavy atom. The summed E-state index contributed by atoms with van der Waals surface area (Å²) in [4.78, 5) is 22.3. The second-order valence-electron chi connectivity index (χ2n) is 3.36. The zero-order chi connectivity index (χ0) is 13.9. The van der Waals surface area contributed by atoms with E-state index < -0.39 is 31.1 Å². The highest BCUT2D eigenvalue weighted by atomic mass is 32.1. The van der Waals surface area contributed by atoms with E-state index in [2.05, 4.69) is 9.59 Å². The van der Waals surface area contributed by atoms with E-state index in [0.717, 1.165) is 0 Å². The fraction of sp³-hybridized carbons (Fsp3) is 0.500. The number of halogens is 3. The zero-order valence-corrected chi connectivity index (χ0v) is 9.88. The second-order valence-corrected chi connectivity index (χ2v) is 4.11. The summed E-state index contributed by atoms with van der Waals surface area (Å²) >= 11 is 0.626. The number of aryl methyl sites for hydroxylation is 1. The van der Waals surface area contributed by atoms with Crippen molar-refractivity contribution in [2.24, 2.45) is 0 Å². The quantitative estimate of drug-likeness (QED) is 0.889. The number of amides is 1. The molecule has 6 nitrogen and oxygen atoms in total. The first-order valence-corrected chi connectivity index (χ1v) is 5.35. The van der Waals surface area contributed by atoms with Gasteiger partial charge in [0.1, 0.15) is 18.0 Å². The number of alkyl halides is 3. The normalized spacial score (nSPS) is 11.3. The first kappa shape index (κ1) is 14.4. The Kier molecular flexibility index (Phi) is 4.22. The van der Waals surface area contributed by atoms with E-state index in [4.69, 9.17) is 5.11 Å². The summed E-state index contributed by atoms with van der Waals surface area (Å²) in [6.45, 7) is -1.26. The molecule has 1 heterocycles. The lowest BCUT2D eigenvalue weighted by atomic mass is 10.3. The maximum absolute atomic E-state index is 12.2. The van der Waals surface area contributed by atoms with Crippen molar-refractivity contribution in [3.63, 3.8) is 0 Å². The lowest BCUT2D eigenvalue weighted by molar-refractivity contribution is -0.149. The Bertz CT molecular complexity index is 460. The minimum Gasteiger partial charge on any atom is -0.480 e. The van der Waals surface area contributed by atoms with E-state index in [-0.39, 0.29) is 15.5 Å². The number of carboxylic acid groups (broad SMARTS) is 1. The van der Waals surface area contributed by atoms with Gasteiger partial charge in [0, 0.05) is 0 Å². The molecule has 0 saturated carbocycles. The molecule has 1 amide bonds. The molecule has 18 heavy (non-hydrogen) atoms. The van der Waals surface area contributed by atoms with Gasteiger partial charge >= 0.3 is 12.1 Å². The molecule has 0 aliphatic heterocycles. The van der Waals surface area contributed by atoms with Crippen molar-refractivity contribution in [2.75, 3.05) is 13.1 Å². The van der Waals surface area contributed by atoms with Gasteiger partial charge in [-0.05, 0) is 18.5 Å². The Morgan fingerprint density at radius 2 is 2.06 bits per heavy atom. The van der Waals surface area contributed by atoms with Crippen LogP contribution in [0.3, 0.4) is 0 Å². The van der Waals surface area contributed by atoms with Crippen LogP contribution >= 0.6 is 11.5 Å². The number of nitrogens with zero attached hydrogens (tertiary/aromatic N) is 3. The number of carboxylic acids is 1. The number of hydrogen-bond acceptors (Lipinski definition) is 5. The molecular formula is C8H8F3N3O3S. The van der Waals surface area contributed by atoms with Crippen LogP contribution in [0.1, 0.15) is 15.4 Å². The lowest BCUT2D eigenvalue weighted by Gasteiger charge is -2.21. The molecule has 0 bridgehead atoms. The van der Waals surface area contributed by atoms with Crippen LogP contribution in [0.25, 0.3) is 0 Å². The van der Waals surface area contributed by atoms with Crippen LogP contribution < -0.4 is 0 Å². The number of rotatable bonds is 4. The lowest BCUT2D eigenvalue weighted by Crippen LogP contribution is -2.42. The average molecular weight is 283 g/mol. The summed E-state index contributed by atoms with van der Waals surface area (Å²) < 4.78 is 40.1. The van der Waals surface area contributed by atoms with Crippen molar-refractivity contribution in [1.29, 1.82) is 0 Å². The molecule has 1 N–H and O–H groups in total. The molecule has 0 fully saturated rings. The number of carbonyl (C=O) groups excluding carboxylic acids is 1. The maximum atomic E-state index is 12.2. The van der Waals surface area contributed by atoms with Crippen LogP contribution in [0.5, 0.6) is 0 Å². The molecule has 1 aromatic rings. The molecule has 0 atom stereocenters. The van der Waals surface area contributed by atoms with Crippen LogP contribution in [0.4, 0.5) is 13.2 Å². The molecule has 10 heteroatoms. The number of carbonyl (C=O) groups is 2. The molecule has 0 spiro atoms. The summed E-state index contributed by atoms with van der Waals surface area (Å²) in [5, 5.41) is 12.0. The molecule has 0 saturated heterocycles. The minimum atomic E-state index is -4.67. The number of hydrogen-bond donors (Lipinski definition) is 1. The Labute approximate surface area is 103 Å². The highest BCUT2D eigenvalue weighted by Crippen LogP contribution is 2.19. The number of aliphatic carboxylic acids is 1. The van der Waals surface area contributed by atoms with Crippen LogP contribution in [0.15, 0.2) is 0 Å². The van der Waals surface area contributed by atoms with Gasteiger partial charge in [-0.1, -0.05) is 4.49 Å². The summed E-state index contributed by atoms with van der Waals surface area (Å²) in [7, 11) is 0. The molecule has 100 valence electrons. The SMILES string of the molecule is Cc1nnsc1C(=O)N(CC(=O)O)CC(F)(F)F. The predicted octanol–water partition coefficient (Wildman–Crippen LogP) is 0.936. The van der Waals surface area contributed by atoms with Crippen molar-refractivity contribution in [1.82, 2.24) is 14.5 Å². The summed E-state index contributed by atoms with van der Waals surface area (Å²) in [6, 6.07) is 0. The molecule has 0 unspecified atom stereocenters. The third-order valence-electron chi connectivity index (χ3n) is 1.83. The molecular weight excluding hydrogens is 275 g/mol. The molecule has 1 aromatic heterocycles. The first-order chi connectivity index (χ1) is 8.20. The third kappa shape index (κ3) is 3.95. The van der Waals surface area contributed by atoms with Gasteiger partial charge in [0.25, 0.3) is 5.91 Å². The van der Waals surface area contributed by atoms with Gasteiger partial charge in [-0.2, -0.15) is 13.2 Å². The van der Waals surface area contributed by atoms with Gasteiger partial charge < -0.3 is 10.0 Å². The largest absolute Gasteiger partial charge is 0.480 e. The monoisotopic (exact) mass is 283 g/mol. The first-order valence-electron chi connectivity index (χ1n) is 4.57. The van der Waals surface area contributed by atoms with Gasteiger partial charge in [0.05, 0.1) is 5.69 Å². The highest BCUT2D eigenvalue weighted by Gasteiger charge is 2.35.